The monoisotopic (exact) mass is 603 g/mol. The number of hydrogen-bond donors (Lipinski definition) is 0. The molecule has 1 heterocycles. The second-order valence-corrected chi connectivity index (χ2v) is 12.7. The lowest BCUT2D eigenvalue weighted by atomic mass is 9.85. The number of anilines is 2. The van der Waals surface area contributed by atoms with Crippen molar-refractivity contribution < 1.29 is 4.42 Å². The van der Waals surface area contributed by atoms with E-state index in [9.17, 15) is 0 Å². The summed E-state index contributed by atoms with van der Waals surface area (Å²) in [6.45, 7) is 2.35. The molecule has 0 N–H and O–H groups in total. The lowest BCUT2D eigenvalue weighted by Gasteiger charge is -2.32. The van der Waals surface area contributed by atoms with E-state index in [2.05, 4.69) is 164 Å². The Morgan fingerprint density at radius 1 is 0.489 bits per heavy atom. The molecule has 9 rings (SSSR count). The number of para-hydroxylation sites is 1. The van der Waals surface area contributed by atoms with E-state index in [-0.39, 0.29) is 0 Å². The number of rotatable bonds is 5. The minimum absolute atomic E-state index is 0.370. The Bertz CT molecular complexity index is 2510. The average molecular weight is 604 g/mol. The lowest BCUT2D eigenvalue weighted by Crippen LogP contribution is -2.20. The molecule has 0 fully saturated rings. The van der Waals surface area contributed by atoms with Crippen LogP contribution in [0.15, 0.2) is 174 Å². The third-order valence-corrected chi connectivity index (χ3v) is 9.70. The van der Waals surface area contributed by atoms with Crippen molar-refractivity contribution in [2.24, 2.45) is 5.92 Å². The minimum Gasteiger partial charge on any atom is -0.456 e. The quantitative estimate of drug-likeness (QED) is 0.195. The van der Waals surface area contributed by atoms with Gasteiger partial charge in [-0.2, -0.15) is 0 Å². The standard InChI is InChI=1S/C45H33NO/c1-30-26-39(23-24-41(30)37-15-14-31-8-2-4-10-34(31)27-37)46(40-22-18-32-9-3-5-11-35(32)28-40)38-20-16-33(17-21-38)36-19-25-45-43(29-36)42-12-6-7-13-44(42)47-45/h2-25,27-30H,26H2,1H3. The zero-order valence-electron chi connectivity index (χ0n) is 26.2. The van der Waals surface area contributed by atoms with Crippen molar-refractivity contribution in [3.05, 3.63) is 175 Å². The normalized spacial score (nSPS) is 14.9. The maximum Gasteiger partial charge on any atom is 0.135 e. The topological polar surface area (TPSA) is 16.4 Å². The van der Waals surface area contributed by atoms with Crippen molar-refractivity contribution in [3.8, 4) is 11.1 Å². The molecule has 2 nitrogen and oxygen atoms in total. The maximum absolute atomic E-state index is 6.09. The van der Waals surface area contributed by atoms with Gasteiger partial charge < -0.3 is 9.32 Å². The third-order valence-electron chi connectivity index (χ3n) is 9.70. The molecule has 0 bridgehead atoms. The molecule has 0 aliphatic heterocycles. The number of allylic oxidation sites excluding steroid dienone is 4. The molecule has 0 saturated carbocycles. The molecule has 0 spiro atoms. The molecule has 7 aromatic carbocycles. The van der Waals surface area contributed by atoms with Gasteiger partial charge in [0.25, 0.3) is 0 Å². The first-order valence-corrected chi connectivity index (χ1v) is 16.4. The van der Waals surface area contributed by atoms with E-state index in [4.69, 9.17) is 4.42 Å². The summed E-state index contributed by atoms with van der Waals surface area (Å²) < 4.78 is 6.09. The summed E-state index contributed by atoms with van der Waals surface area (Å²) in [7, 11) is 0. The molecule has 8 aromatic rings. The van der Waals surface area contributed by atoms with E-state index in [1.807, 2.05) is 12.1 Å². The third kappa shape index (κ3) is 4.90. The molecule has 0 amide bonds. The fraction of sp³-hybridized carbons (Fsp3) is 0.0667. The number of hydrogen-bond acceptors (Lipinski definition) is 2. The summed E-state index contributed by atoms with van der Waals surface area (Å²) in [5.41, 5.74) is 10.5. The SMILES string of the molecule is CC1CC(N(c2ccc(-c3ccc4oc5ccccc5c4c3)cc2)c2ccc3ccccc3c2)=CC=C1c1ccc2ccccc2c1. The fourth-order valence-electron chi connectivity index (χ4n) is 7.26. The van der Waals surface area contributed by atoms with Crippen LogP contribution in [0.2, 0.25) is 0 Å². The Kier molecular flexibility index (Phi) is 6.53. The van der Waals surface area contributed by atoms with Crippen LogP contribution in [-0.4, -0.2) is 0 Å². The van der Waals surface area contributed by atoms with Gasteiger partial charge in [-0.05, 0) is 111 Å². The van der Waals surface area contributed by atoms with E-state index < -0.39 is 0 Å². The van der Waals surface area contributed by atoms with Crippen molar-refractivity contribution in [1.29, 1.82) is 0 Å². The summed E-state index contributed by atoms with van der Waals surface area (Å²) in [5, 5.41) is 7.35. The summed E-state index contributed by atoms with van der Waals surface area (Å²) in [5.74, 6) is 0.370. The first kappa shape index (κ1) is 27.5. The van der Waals surface area contributed by atoms with Crippen LogP contribution in [0.4, 0.5) is 11.4 Å². The molecule has 1 unspecified atom stereocenters. The fourth-order valence-corrected chi connectivity index (χ4v) is 7.26. The molecule has 224 valence electrons. The van der Waals surface area contributed by atoms with Gasteiger partial charge in [0.2, 0.25) is 0 Å². The molecule has 0 saturated heterocycles. The summed E-state index contributed by atoms with van der Waals surface area (Å²) in [6.07, 6.45) is 5.60. The van der Waals surface area contributed by atoms with Crippen LogP contribution >= 0.6 is 0 Å². The molecule has 2 heteroatoms. The molecular formula is C45H33NO. The van der Waals surface area contributed by atoms with Crippen molar-refractivity contribution in [2.45, 2.75) is 13.3 Å². The van der Waals surface area contributed by atoms with Crippen molar-refractivity contribution in [1.82, 2.24) is 0 Å². The minimum atomic E-state index is 0.370. The van der Waals surface area contributed by atoms with Gasteiger partial charge in [0.15, 0.2) is 0 Å². The average Bonchev–Trinajstić information content (AvgIpc) is 3.50. The number of furan rings is 1. The highest BCUT2D eigenvalue weighted by atomic mass is 16.3. The number of fused-ring (bicyclic) bond motifs is 5. The summed E-state index contributed by atoms with van der Waals surface area (Å²) in [6, 6.07) is 54.6. The largest absolute Gasteiger partial charge is 0.456 e. The molecular weight excluding hydrogens is 571 g/mol. The molecule has 47 heavy (non-hydrogen) atoms. The smallest absolute Gasteiger partial charge is 0.135 e. The molecule has 1 atom stereocenters. The van der Waals surface area contributed by atoms with E-state index in [0.717, 1.165) is 34.0 Å². The second kappa shape index (κ2) is 11.2. The highest BCUT2D eigenvalue weighted by molar-refractivity contribution is 6.06. The second-order valence-electron chi connectivity index (χ2n) is 12.7. The van der Waals surface area contributed by atoms with E-state index in [1.165, 1.54) is 55.2 Å². The van der Waals surface area contributed by atoms with Gasteiger partial charge in [0.1, 0.15) is 11.2 Å². The van der Waals surface area contributed by atoms with Crippen LogP contribution in [0.5, 0.6) is 0 Å². The van der Waals surface area contributed by atoms with Crippen molar-refractivity contribution >= 4 is 60.4 Å². The van der Waals surface area contributed by atoms with E-state index in [0.29, 0.717) is 5.92 Å². The number of benzene rings is 7. The van der Waals surface area contributed by atoms with Crippen molar-refractivity contribution in [3.63, 3.8) is 0 Å². The van der Waals surface area contributed by atoms with Crippen LogP contribution in [0, 0.1) is 5.92 Å². The molecule has 0 radical (unpaired) electrons. The highest BCUT2D eigenvalue weighted by Gasteiger charge is 2.23. The Balaban J connectivity index is 1.12. The summed E-state index contributed by atoms with van der Waals surface area (Å²) >= 11 is 0. The Labute approximate surface area is 274 Å². The predicted molar refractivity (Wildman–Crippen MR) is 199 cm³/mol. The lowest BCUT2D eigenvalue weighted by molar-refractivity contribution is 0.669. The van der Waals surface area contributed by atoms with Crippen LogP contribution in [-0.2, 0) is 0 Å². The van der Waals surface area contributed by atoms with Crippen LogP contribution in [0.25, 0.3) is 60.2 Å². The maximum atomic E-state index is 6.09. The predicted octanol–water partition coefficient (Wildman–Crippen LogP) is 12.7. The Morgan fingerprint density at radius 3 is 1.89 bits per heavy atom. The van der Waals surface area contributed by atoms with Gasteiger partial charge in [-0.3, -0.25) is 0 Å². The van der Waals surface area contributed by atoms with Crippen LogP contribution in [0.1, 0.15) is 18.9 Å². The number of nitrogens with zero attached hydrogens (tertiary/aromatic N) is 1. The van der Waals surface area contributed by atoms with Crippen LogP contribution < -0.4 is 4.90 Å². The Morgan fingerprint density at radius 2 is 1.11 bits per heavy atom. The zero-order valence-corrected chi connectivity index (χ0v) is 26.2. The molecule has 1 aliphatic carbocycles. The molecule has 1 aromatic heterocycles. The Hall–Kier alpha value is -5.86. The van der Waals surface area contributed by atoms with E-state index in [1.54, 1.807) is 0 Å². The van der Waals surface area contributed by atoms with Gasteiger partial charge in [-0.25, -0.2) is 0 Å². The van der Waals surface area contributed by atoms with Crippen LogP contribution in [0.3, 0.4) is 0 Å². The van der Waals surface area contributed by atoms with E-state index >= 15 is 0 Å². The summed E-state index contributed by atoms with van der Waals surface area (Å²) in [4.78, 5) is 2.44. The zero-order chi connectivity index (χ0) is 31.3. The first-order valence-electron chi connectivity index (χ1n) is 16.4. The van der Waals surface area contributed by atoms with Crippen molar-refractivity contribution in [2.75, 3.05) is 4.90 Å². The van der Waals surface area contributed by atoms with Gasteiger partial charge in [-0.1, -0.05) is 116 Å². The highest BCUT2D eigenvalue weighted by Crippen LogP contribution is 2.41. The first-order chi connectivity index (χ1) is 23.2. The van der Waals surface area contributed by atoms with Gasteiger partial charge >= 0.3 is 0 Å². The van der Waals surface area contributed by atoms with Gasteiger partial charge in [0.05, 0.1) is 0 Å². The van der Waals surface area contributed by atoms with Gasteiger partial charge in [0, 0.05) is 27.8 Å². The molecule has 1 aliphatic rings. The van der Waals surface area contributed by atoms with Gasteiger partial charge in [-0.15, -0.1) is 0 Å².